The maximum Gasteiger partial charge on any atom is 0.315 e. The van der Waals surface area contributed by atoms with Gasteiger partial charge in [-0.2, -0.15) is 0 Å². The van der Waals surface area contributed by atoms with Crippen LogP contribution >= 0.6 is 0 Å². The minimum absolute atomic E-state index is 0.0102. The Bertz CT molecular complexity index is 527. The van der Waals surface area contributed by atoms with E-state index >= 15 is 0 Å². The van der Waals surface area contributed by atoms with Crippen molar-refractivity contribution in [2.75, 3.05) is 0 Å². The smallest absolute Gasteiger partial charge is 0.315 e. The zero-order valence-electron chi connectivity index (χ0n) is 14.5. The molecule has 24 heavy (non-hydrogen) atoms. The summed E-state index contributed by atoms with van der Waals surface area (Å²) in [7, 11) is 0. The lowest BCUT2D eigenvalue weighted by Gasteiger charge is -2.26. The summed E-state index contributed by atoms with van der Waals surface area (Å²) in [5.41, 5.74) is 0.931. The van der Waals surface area contributed by atoms with Crippen LogP contribution in [0.5, 0.6) is 0 Å². The summed E-state index contributed by atoms with van der Waals surface area (Å²) in [4.78, 5) is 28.6. The monoisotopic (exact) mass is 332 g/mol. The minimum atomic E-state index is -0.551. The van der Waals surface area contributed by atoms with Gasteiger partial charge in [0.25, 0.3) is 0 Å². The van der Waals surface area contributed by atoms with Crippen LogP contribution in [0.15, 0.2) is 24.5 Å². The summed E-state index contributed by atoms with van der Waals surface area (Å²) in [6, 6.07) is 3.16. The summed E-state index contributed by atoms with van der Waals surface area (Å²) < 4.78 is 0. The van der Waals surface area contributed by atoms with E-state index in [1.54, 1.807) is 12.4 Å². The maximum atomic E-state index is 12.4. The molecule has 1 aromatic rings. The van der Waals surface area contributed by atoms with Crippen LogP contribution in [0.4, 0.5) is 4.79 Å². The average molecular weight is 332 g/mol. The molecule has 1 heterocycles. The molecule has 2 rings (SSSR count). The second-order valence-corrected chi connectivity index (χ2v) is 6.75. The second kappa shape index (κ2) is 9.25. The first kappa shape index (κ1) is 18.2. The van der Waals surface area contributed by atoms with Gasteiger partial charge in [-0.05, 0) is 30.4 Å². The fraction of sp³-hybridized carbons (Fsp3) is 0.611. The minimum Gasteiger partial charge on any atom is -0.350 e. The van der Waals surface area contributed by atoms with Crippen molar-refractivity contribution in [1.29, 1.82) is 0 Å². The van der Waals surface area contributed by atoms with Crippen molar-refractivity contribution in [3.05, 3.63) is 30.1 Å². The van der Waals surface area contributed by atoms with Crippen LogP contribution in [0, 0.1) is 5.92 Å². The van der Waals surface area contributed by atoms with Crippen molar-refractivity contribution in [1.82, 2.24) is 20.9 Å². The Morgan fingerprint density at radius 2 is 2.00 bits per heavy atom. The number of carbonyl (C=O) groups excluding carboxylic acids is 2. The van der Waals surface area contributed by atoms with E-state index in [9.17, 15) is 9.59 Å². The van der Waals surface area contributed by atoms with Gasteiger partial charge in [0.05, 0.1) is 0 Å². The predicted octanol–water partition coefficient (Wildman–Crippen LogP) is 2.35. The normalized spacial score (nSPS) is 16.5. The molecule has 0 radical (unpaired) electrons. The van der Waals surface area contributed by atoms with Gasteiger partial charge in [-0.15, -0.1) is 0 Å². The number of carbonyl (C=O) groups is 2. The highest BCUT2D eigenvalue weighted by atomic mass is 16.2. The zero-order valence-corrected chi connectivity index (χ0v) is 14.5. The lowest BCUT2D eigenvalue weighted by atomic mass is 9.96. The van der Waals surface area contributed by atoms with Gasteiger partial charge in [0.15, 0.2) is 0 Å². The Balaban J connectivity index is 1.83. The van der Waals surface area contributed by atoms with Crippen LogP contribution in [0.25, 0.3) is 0 Å². The number of nitrogens with one attached hydrogen (secondary N) is 3. The molecule has 0 aromatic carbocycles. The molecule has 3 N–H and O–H groups in total. The second-order valence-electron chi connectivity index (χ2n) is 6.75. The molecule has 1 aliphatic carbocycles. The van der Waals surface area contributed by atoms with Gasteiger partial charge < -0.3 is 16.0 Å². The molecule has 1 aliphatic rings. The molecular weight excluding hydrogens is 304 g/mol. The molecule has 1 atom stereocenters. The largest absolute Gasteiger partial charge is 0.350 e. The molecule has 6 nitrogen and oxygen atoms in total. The molecule has 6 heteroatoms. The van der Waals surface area contributed by atoms with Gasteiger partial charge in [0, 0.05) is 25.0 Å². The van der Waals surface area contributed by atoms with Crippen LogP contribution in [0.1, 0.15) is 51.5 Å². The SMILES string of the molecule is CC(C)[C@@H](NC(=O)NC1CCCCC1)C(=O)NCc1cccnc1. The summed E-state index contributed by atoms with van der Waals surface area (Å²) in [6.07, 6.45) is 9.01. The molecule has 1 fully saturated rings. The maximum absolute atomic E-state index is 12.4. The van der Waals surface area contributed by atoms with E-state index in [0.717, 1.165) is 31.2 Å². The van der Waals surface area contributed by atoms with E-state index in [-0.39, 0.29) is 23.9 Å². The standard InChI is InChI=1S/C18H28N4O2/c1-13(2)16(17(23)20-12-14-7-6-10-19-11-14)22-18(24)21-15-8-4-3-5-9-15/h6-7,10-11,13,15-16H,3-5,8-9,12H2,1-2H3,(H,20,23)(H2,21,22,24)/t16-/m1/s1. The van der Waals surface area contributed by atoms with E-state index in [1.807, 2.05) is 26.0 Å². The van der Waals surface area contributed by atoms with Crippen molar-refractivity contribution < 1.29 is 9.59 Å². The molecule has 0 bridgehead atoms. The number of nitrogens with zero attached hydrogens (tertiary/aromatic N) is 1. The Morgan fingerprint density at radius 1 is 1.25 bits per heavy atom. The topological polar surface area (TPSA) is 83.1 Å². The number of pyridine rings is 1. The van der Waals surface area contributed by atoms with Crippen LogP contribution < -0.4 is 16.0 Å². The van der Waals surface area contributed by atoms with Gasteiger partial charge in [-0.25, -0.2) is 4.79 Å². The van der Waals surface area contributed by atoms with Crippen molar-refractivity contribution >= 4 is 11.9 Å². The Kier molecular flexibility index (Phi) is 7.03. The summed E-state index contributed by atoms with van der Waals surface area (Å²) in [5.74, 6) is -0.163. The van der Waals surface area contributed by atoms with E-state index in [1.165, 1.54) is 6.42 Å². The van der Waals surface area contributed by atoms with Crippen LogP contribution in [-0.4, -0.2) is 29.0 Å². The molecule has 0 aliphatic heterocycles. The molecule has 0 unspecified atom stereocenters. The molecule has 0 spiro atoms. The third kappa shape index (κ3) is 5.83. The van der Waals surface area contributed by atoms with Crippen molar-refractivity contribution in [3.8, 4) is 0 Å². The average Bonchev–Trinajstić information content (AvgIpc) is 2.59. The lowest BCUT2D eigenvalue weighted by Crippen LogP contribution is -2.54. The number of amides is 3. The van der Waals surface area contributed by atoms with Gasteiger partial charge in [0.1, 0.15) is 6.04 Å². The quantitative estimate of drug-likeness (QED) is 0.748. The van der Waals surface area contributed by atoms with E-state index in [0.29, 0.717) is 6.54 Å². The number of aromatic nitrogens is 1. The number of hydrogen-bond donors (Lipinski definition) is 3. The molecule has 0 saturated heterocycles. The van der Waals surface area contributed by atoms with Gasteiger partial charge in [-0.1, -0.05) is 39.2 Å². The first-order valence-electron chi connectivity index (χ1n) is 8.80. The first-order chi connectivity index (χ1) is 11.6. The highest BCUT2D eigenvalue weighted by molar-refractivity contribution is 5.87. The van der Waals surface area contributed by atoms with Gasteiger partial charge in [-0.3, -0.25) is 9.78 Å². The highest BCUT2D eigenvalue weighted by Gasteiger charge is 2.25. The van der Waals surface area contributed by atoms with Crippen molar-refractivity contribution in [2.45, 2.75) is 64.6 Å². The molecule has 132 valence electrons. The molecule has 1 saturated carbocycles. The predicted molar refractivity (Wildman–Crippen MR) is 93.3 cm³/mol. The molecule has 3 amide bonds. The van der Waals surface area contributed by atoms with E-state index < -0.39 is 6.04 Å². The number of urea groups is 1. The first-order valence-corrected chi connectivity index (χ1v) is 8.80. The van der Waals surface area contributed by atoms with Crippen LogP contribution in [-0.2, 0) is 11.3 Å². The fourth-order valence-corrected chi connectivity index (χ4v) is 2.95. The summed E-state index contributed by atoms with van der Waals surface area (Å²) in [5, 5.41) is 8.68. The zero-order chi connectivity index (χ0) is 17.4. The molecule has 1 aromatic heterocycles. The van der Waals surface area contributed by atoms with Gasteiger partial charge in [0.2, 0.25) is 5.91 Å². The summed E-state index contributed by atoms with van der Waals surface area (Å²) in [6.45, 7) is 4.26. The number of hydrogen-bond acceptors (Lipinski definition) is 3. The van der Waals surface area contributed by atoms with Crippen LogP contribution in [0.3, 0.4) is 0 Å². The van der Waals surface area contributed by atoms with E-state index in [4.69, 9.17) is 0 Å². The molecular formula is C18H28N4O2. The Hall–Kier alpha value is -2.11. The fourth-order valence-electron chi connectivity index (χ4n) is 2.95. The van der Waals surface area contributed by atoms with E-state index in [2.05, 4.69) is 20.9 Å². The highest BCUT2D eigenvalue weighted by Crippen LogP contribution is 2.17. The third-order valence-corrected chi connectivity index (χ3v) is 4.37. The van der Waals surface area contributed by atoms with Gasteiger partial charge >= 0.3 is 6.03 Å². The van der Waals surface area contributed by atoms with Crippen molar-refractivity contribution in [3.63, 3.8) is 0 Å². The third-order valence-electron chi connectivity index (χ3n) is 4.37. The Labute approximate surface area is 143 Å². The number of rotatable bonds is 6. The summed E-state index contributed by atoms with van der Waals surface area (Å²) >= 11 is 0. The lowest BCUT2D eigenvalue weighted by molar-refractivity contribution is -0.124. The van der Waals surface area contributed by atoms with Crippen molar-refractivity contribution in [2.24, 2.45) is 5.92 Å². The Morgan fingerprint density at radius 3 is 2.62 bits per heavy atom. The van der Waals surface area contributed by atoms with Crippen LogP contribution in [0.2, 0.25) is 0 Å².